The lowest BCUT2D eigenvalue weighted by Crippen LogP contribution is -2.52. The standard InChI is InChI=1S/C17H29N7O/c1-13(2)21-16(20-11-15(25)23(3)4)22-14-7-5-10-24(12-14)17-18-8-6-9-19-17/h6,8-9,13-14H,5,7,10-12H2,1-4H3,(H2,20,21,22). The number of anilines is 1. The molecular weight excluding hydrogens is 318 g/mol. The van der Waals surface area contributed by atoms with Crippen LogP contribution in [0.2, 0.25) is 0 Å². The van der Waals surface area contributed by atoms with Crippen molar-refractivity contribution >= 4 is 17.8 Å². The van der Waals surface area contributed by atoms with Gasteiger partial charge in [-0.05, 0) is 32.8 Å². The molecule has 1 aromatic rings. The minimum absolute atomic E-state index is 0.0205. The van der Waals surface area contributed by atoms with Gasteiger partial charge >= 0.3 is 0 Å². The molecule has 2 N–H and O–H groups in total. The van der Waals surface area contributed by atoms with Crippen molar-refractivity contribution in [2.75, 3.05) is 38.6 Å². The topological polar surface area (TPSA) is 85.8 Å². The van der Waals surface area contributed by atoms with Gasteiger partial charge in [0.2, 0.25) is 11.9 Å². The number of piperidine rings is 1. The molecule has 2 heterocycles. The summed E-state index contributed by atoms with van der Waals surface area (Å²) in [5.41, 5.74) is 0. The molecule has 1 fully saturated rings. The average molecular weight is 347 g/mol. The molecule has 1 aliphatic heterocycles. The zero-order chi connectivity index (χ0) is 18.2. The predicted octanol–water partition coefficient (Wildman–Crippen LogP) is 0.477. The third kappa shape index (κ3) is 6.21. The van der Waals surface area contributed by atoms with E-state index < -0.39 is 0 Å². The Hall–Kier alpha value is -2.38. The van der Waals surface area contributed by atoms with Gasteiger partial charge in [-0.1, -0.05) is 0 Å². The normalized spacial score (nSPS) is 18.2. The number of aromatic nitrogens is 2. The van der Waals surface area contributed by atoms with Crippen LogP contribution in [0.15, 0.2) is 23.5 Å². The maximum absolute atomic E-state index is 11.8. The summed E-state index contributed by atoms with van der Waals surface area (Å²) in [5.74, 6) is 1.41. The van der Waals surface area contributed by atoms with E-state index in [9.17, 15) is 4.79 Å². The smallest absolute Gasteiger partial charge is 0.243 e. The number of nitrogens with zero attached hydrogens (tertiary/aromatic N) is 5. The fourth-order valence-electron chi connectivity index (χ4n) is 2.62. The minimum Gasteiger partial charge on any atom is -0.354 e. The van der Waals surface area contributed by atoms with Crippen molar-refractivity contribution in [3.63, 3.8) is 0 Å². The second-order valence-corrected chi connectivity index (χ2v) is 6.73. The van der Waals surface area contributed by atoms with Crippen LogP contribution in [-0.4, -0.2) is 72.5 Å². The van der Waals surface area contributed by atoms with Gasteiger partial charge in [0.1, 0.15) is 6.54 Å². The van der Waals surface area contributed by atoms with Crippen LogP contribution in [-0.2, 0) is 4.79 Å². The quantitative estimate of drug-likeness (QED) is 0.595. The number of rotatable bonds is 5. The Morgan fingerprint density at radius 3 is 2.76 bits per heavy atom. The summed E-state index contributed by atoms with van der Waals surface area (Å²) in [6.45, 7) is 6.00. The van der Waals surface area contributed by atoms with Crippen molar-refractivity contribution in [3.8, 4) is 0 Å². The Morgan fingerprint density at radius 2 is 2.12 bits per heavy atom. The molecule has 1 aromatic heterocycles. The zero-order valence-electron chi connectivity index (χ0n) is 15.6. The monoisotopic (exact) mass is 347 g/mol. The van der Waals surface area contributed by atoms with Crippen LogP contribution in [0.3, 0.4) is 0 Å². The van der Waals surface area contributed by atoms with E-state index in [1.54, 1.807) is 31.4 Å². The SMILES string of the molecule is CC(C)NC(=NCC(=O)N(C)C)NC1CCCN(c2ncccn2)C1. The molecule has 1 unspecified atom stereocenters. The second-order valence-electron chi connectivity index (χ2n) is 6.73. The Bertz CT molecular complexity index is 574. The van der Waals surface area contributed by atoms with Crippen molar-refractivity contribution < 1.29 is 4.79 Å². The Balaban J connectivity index is 1.99. The molecule has 0 bridgehead atoms. The van der Waals surface area contributed by atoms with Crippen LogP contribution in [0.5, 0.6) is 0 Å². The Kier molecular flexibility index (Phi) is 6.97. The Morgan fingerprint density at radius 1 is 1.40 bits per heavy atom. The first kappa shape index (κ1) is 19.0. The van der Waals surface area contributed by atoms with Gasteiger partial charge in [0.25, 0.3) is 0 Å². The van der Waals surface area contributed by atoms with E-state index in [1.165, 1.54) is 0 Å². The number of amides is 1. The van der Waals surface area contributed by atoms with Crippen LogP contribution in [0.4, 0.5) is 5.95 Å². The molecule has 1 saturated heterocycles. The molecule has 0 saturated carbocycles. The van der Waals surface area contributed by atoms with Crippen molar-refractivity contribution in [1.29, 1.82) is 0 Å². The maximum Gasteiger partial charge on any atom is 0.243 e. The summed E-state index contributed by atoms with van der Waals surface area (Å²) in [7, 11) is 3.47. The first-order valence-electron chi connectivity index (χ1n) is 8.75. The summed E-state index contributed by atoms with van der Waals surface area (Å²) in [6.07, 6.45) is 5.63. The van der Waals surface area contributed by atoms with Gasteiger partial charge in [0, 0.05) is 51.7 Å². The highest BCUT2D eigenvalue weighted by Gasteiger charge is 2.22. The molecule has 138 valence electrons. The number of guanidine groups is 1. The number of likely N-dealkylation sites (N-methyl/N-ethyl adjacent to an activating group) is 1. The van der Waals surface area contributed by atoms with E-state index in [2.05, 4.69) is 44.3 Å². The molecule has 1 atom stereocenters. The van der Waals surface area contributed by atoms with E-state index in [1.807, 2.05) is 6.07 Å². The third-order valence-electron chi connectivity index (χ3n) is 3.89. The van der Waals surface area contributed by atoms with Crippen LogP contribution < -0.4 is 15.5 Å². The van der Waals surface area contributed by atoms with E-state index in [0.29, 0.717) is 5.96 Å². The Labute approximate surface area is 149 Å². The molecule has 0 aromatic carbocycles. The van der Waals surface area contributed by atoms with Crippen molar-refractivity contribution in [3.05, 3.63) is 18.5 Å². The highest BCUT2D eigenvalue weighted by molar-refractivity contribution is 5.85. The van der Waals surface area contributed by atoms with Crippen molar-refractivity contribution in [2.45, 2.75) is 38.8 Å². The second kappa shape index (κ2) is 9.19. The summed E-state index contributed by atoms with van der Waals surface area (Å²) in [4.78, 5) is 28.6. The van der Waals surface area contributed by atoms with E-state index in [-0.39, 0.29) is 24.5 Å². The lowest BCUT2D eigenvalue weighted by Gasteiger charge is -2.34. The first-order valence-corrected chi connectivity index (χ1v) is 8.75. The number of hydrogen-bond acceptors (Lipinski definition) is 5. The van der Waals surface area contributed by atoms with Gasteiger partial charge < -0.3 is 20.4 Å². The molecule has 8 nitrogen and oxygen atoms in total. The molecule has 8 heteroatoms. The molecule has 0 spiro atoms. The zero-order valence-corrected chi connectivity index (χ0v) is 15.6. The van der Waals surface area contributed by atoms with Crippen LogP contribution in [0.25, 0.3) is 0 Å². The largest absolute Gasteiger partial charge is 0.354 e. The van der Waals surface area contributed by atoms with Crippen molar-refractivity contribution in [2.24, 2.45) is 4.99 Å². The number of hydrogen-bond donors (Lipinski definition) is 2. The predicted molar refractivity (Wildman–Crippen MR) is 99.7 cm³/mol. The molecule has 1 amide bonds. The number of nitrogens with one attached hydrogen (secondary N) is 2. The number of carbonyl (C=O) groups is 1. The van der Waals surface area contributed by atoms with Gasteiger partial charge in [-0.15, -0.1) is 0 Å². The molecule has 1 aliphatic rings. The van der Waals surface area contributed by atoms with Crippen LogP contribution >= 0.6 is 0 Å². The highest BCUT2D eigenvalue weighted by atomic mass is 16.2. The van der Waals surface area contributed by atoms with E-state index >= 15 is 0 Å². The van der Waals surface area contributed by atoms with Gasteiger partial charge in [0.05, 0.1) is 0 Å². The third-order valence-corrected chi connectivity index (χ3v) is 3.89. The van der Waals surface area contributed by atoms with Crippen LogP contribution in [0.1, 0.15) is 26.7 Å². The number of aliphatic imine (C=N–C) groups is 1. The molecule has 25 heavy (non-hydrogen) atoms. The van der Waals surface area contributed by atoms with Crippen molar-refractivity contribution in [1.82, 2.24) is 25.5 Å². The summed E-state index contributed by atoms with van der Waals surface area (Å²) < 4.78 is 0. The first-order chi connectivity index (χ1) is 12.0. The molecule has 0 radical (unpaired) electrons. The van der Waals surface area contributed by atoms with E-state index in [0.717, 1.165) is 31.9 Å². The average Bonchev–Trinajstić information content (AvgIpc) is 2.60. The summed E-state index contributed by atoms with van der Waals surface area (Å²) in [6, 6.07) is 2.29. The van der Waals surface area contributed by atoms with Gasteiger partial charge in [0.15, 0.2) is 5.96 Å². The fourth-order valence-corrected chi connectivity index (χ4v) is 2.62. The minimum atomic E-state index is -0.0205. The van der Waals surface area contributed by atoms with E-state index in [4.69, 9.17) is 0 Å². The summed E-state index contributed by atoms with van der Waals surface area (Å²) in [5, 5.41) is 6.75. The maximum atomic E-state index is 11.8. The molecule has 0 aliphatic carbocycles. The lowest BCUT2D eigenvalue weighted by atomic mass is 10.1. The van der Waals surface area contributed by atoms with Crippen LogP contribution in [0, 0.1) is 0 Å². The number of carbonyl (C=O) groups excluding carboxylic acids is 1. The molecule has 2 rings (SSSR count). The highest BCUT2D eigenvalue weighted by Crippen LogP contribution is 2.15. The van der Waals surface area contributed by atoms with Gasteiger partial charge in [-0.3, -0.25) is 4.79 Å². The fraction of sp³-hybridized carbons (Fsp3) is 0.647. The lowest BCUT2D eigenvalue weighted by molar-refractivity contribution is -0.127. The van der Waals surface area contributed by atoms with Gasteiger partial charge in [-0.25, -0.2) is 15.0 Å². The summed E-state index contributed by atoms with van der Waals surface area (Å²) >= 11 is 0. The molecular formula is C17H29N7O. The van der Waals surface area contributed by atoms with Gasteiger partial charge in [-0.2, -0.15) is 0 Å².